The van der Waals surface area contributed by atoms with Crippen LogP contribution in [-0.2, 0) is 20.9 Å². The lowest BCUT2D eigenvalue weighted by molar-refractivity contribution is -0.149. The van der Waals surface area contributed by atoms with Crippen LogP contribution in [0.4, 0.5) is 4.79 Å². The fourth-order valence-electron chi connectivity index (χ4n) is 2.94. The minimum Gasteiger partial charge on any atom is -0.454 e. The summed E-state index contributed by atoms with van der Waals surface area (Å²) in [6, 6.07) is 6.25. The largest absolute Gasteiger partial charge is 0.454 e. The number of imide groups is 1. The van der Waals surface area contributed by atoms with E-state index in [0.717, 1.165) is 17.7 Å². The Bertz CT molecular complexity index is 914. The van der Waals surface area contributed by atoms with Crippen molar-refractivity contribution in [1.82, 2.24) is 20.4 Å². The van der Waals surface area contributed by atoms with Crippen molar-refractivity contribution in [2.24, 2.45) is 0 Å². The lowest BCUT2D eigenvalue weighted by atomic mass is 9.95. The Labute approximate surface area is 172 Å². The van der Waals surface area contributed by atoms with Gasteiger partial charge in [0.05, 0.1) is 0 Å². The van der Waals surface area contributed by atoms with Crippen molar-refractivity contribution in [1.29, 1.82) is 0 Å². The van der Waals surface area contributed by atoms with Crippen molar-refractivity contribution in [3.63, 3.8) is 0 Å². The Morgan fingerprint density at radius 3 is 2.72 bits per heavy atom. The molecule has 0 aliphatic carbocycles. The number of halogens is 1. The van der Waals surface area contributed by atoms with Crippen LogP contribution in [-0.4, -0.2) is 45.0 Å². The van der Waals surface area contributed by atoms with E-state index >= 15 is 0 Å². The Morgan fingerprint density at radius 2 is 2.03 bits per heavy atom. The summed E-state index contributed by atoms with van der Waals surface area (Å²) in [5, 5.41) is 7.05. The quantitative estimate of drug-likeness (QED) is 0.515. The van der Waals surface area contributed by atoms with Crippen LogP contribution < -0.4 is 5.32 Å². The highest BCUT2D eigenvalue weighted by atomic mass is 35.5. The normalized spacial score (nSPS) is 18.8. The number of ether oxygens (including phenoxy) is 1. The molecule has 1 fully saturated rings. The average molecular weight is 421 g/mol. The number of unbranched alkanes of at least 4 members (excludes halogenated alkanes) is 1. The van der Waals surface area contributed by atoms with E-state index in [-0.39, 0.29) is 12.5 Å². The first-order valence-corrected chi connectivity index (χ1v) is 9.58. The van der Waals surface area contributed by atoms with Gasteiger partial charge in [-0.25, -0.2) is 4.79 Å². The molecular weight excluding hydrogens is 400 g/mol. The number of urea groups is 1. The van der Waals surface area contributed by atoms with Gasteiger partial charge >= 0.3 is 12.0 Å². The fraction of sp³-hybridized carbons (Fsp3) is 0.421. The standard InChI is InChI=1S/C19H21ClN4O5/c1-3-4-9-19(2)17(26)24(18(27)22-19)10-15(25)28-11-14-21-16(23-29-14)12-5-7-13(20)8-6-12/h5-8H,3-4,9-11H2,1-2H3,(H,22,27)/t19-/m0/s1. The van der Waals surface area contributed by atoms with Crippen molar-refractivity contribution in [3.05, 3.63) is 35.2 Å². The van der Waals surface area contributed by atoms with Crippen LogP contribution in [0, 0.1) is 0 Å². The van der Waals surface area contributed by atoms with E-state index in [2.05, 4.69) is 15.5 Å². The van der Waals surface area contributed by atoms with E-state index in [1.54, 1.807) is 31.2 Å². The Kier molecular flexibility index (Phi) is 6.17. The summed E-state index contributed by atoms with van der Waals surface area (Å²) in [6.45, 7) is 2.90. The molecule has 2 aromatic rings. The molecule has 1 atom stereocenters. The number of esters is 1. The van der Waals surface area contributed by atoms with E-state index in [1.165, 1.54) is 0 Å². The average Bonchev–Trinajstić information content (AvgIpc) is 3.25. The molecule has 1 saturated heterocycles. The predicted molar refractivity (Wildman–Crippen MR) is 103 cm³/mol. The monoisotopic (exact) mass is 420 g/mol. The number of amides is 3. The zero-order valence-corrected chi connectivity index (χ0v) is 16.9. The first-order chi connectivity index (χ1) is 13.8. The van der Waals surface area contributed by atoms with Crippen LogP contribution in [0.2, 0.25) is 5.02 Å². The highest BCUT2D eigenvalue weighted by Gasteiger charge is 2.47. The molecule has 0 spiro atoms. The van der Waals surface area contributed by atoms with Gasteiger partial charge in [-0.3, -0.25) is 14.5 Å². The van der Waals surface area contributed by atoms with Crippen LogP contribution in [0.3, 0.4) is 0 Å². The number of hydrogen-bond acceptors (Lipinski definition) is 7. The molecule has 3 amide bonds. The first-order valence-electron chi connectivity index (χ1n) is 9.20. The van der Waals surface area contributed by atoms with Crippen molar-refractivity contribution >= 4 is 29.5 Å². The molecule has 10 heteroatoms. The van der Waals surface area contributed by atoms with Crippen LogP contribution >= 0.6 is 11.6 Å². The van der Waals surface area contributed by atoms with Gasteiger partial charge in [0, 0.05) is 10.6 Å². The van der Waals surface area contributed by atoms with Gasteiger partial charge in [-0.05, 0) is 37.6 Å². The number of carbonyl (C=O) groups is 3. The fourth-order valence-corrected chi connectivity index (χ4v) is 3.06. The third-order valence-electron chi connectivity index (χ3n) is 4.59. The van der Waals surface area contributed by atoms with Crippen LogP contribution in [0.25, 0.3) is 11.4 Å². The molecule has 0 unspecified atom stereocenters. The van der Waals surface area contributed by atoms with E-state index in [0.29, 0.717) is 22.8 Å². The zero-order valence-electron chi connectivity index (χ0n) is 16.1. The summed E-state index contributed by atoms with van der Waals surface area (Å²) in [5.41, 5.74) is -0.297. The van der Waals surface area contributed by atoms with Gasteiger partial charge in [-0.1, -0.05) is 36.5 Å². The highest BCUT2D eigenvalue weighted by molar-refractivity contribution is 6.30. The molecular formula is C19H21ClN4O5. The third-order valence-corrected chi connectivity index (χ3v) is 4.84. The maximum Gasteiger partial charge on any atom is 0.326 e. The zero-order chi connectivity index (χ0) is 21.0. The Hall–Kier alpha value is -2.94. The van der Waals surface area contributed by atoms with Crippen molar-refractivity contribution in [3.8, 4) is 11.4 Å². The molecule has 3 rings (SSSR count). The lowest BCUT2D eigenvalue weighted by Gasteiger charge is -2.20. The number of hydrogen-bond donors (Lipinski definition) is 1. The maximum atomic E-state index is 12.5. The second-order valence-electron chi connectivity index (χ2n) is 6.94. The number of carbonyl (C=O) groups excluding carboxylic acids is 3. The first kappa shape index (κ1) is 20.8. The maximum absolute atomic E-state index is 12.5. The second kappa shape index (κ2) is 8.60. The van der Waals surface area contributed by atoms with Gasteiger partial charge in [-0.2, -0.15) is 4.98 Å². The molecule has 1 aliphatic heterocycles. The Balaban J connectivity index is 1.54. The summed E-state index contributed by atoms with van der Waals surface area (Å²) < 4.78 is 10.1. The molecule has 29 heavy (non-hydrogen) atoms. The van der Waals surface area contributed by atoms with E-state index < -0.39 is 30.0 Å². The molecule has 9 nitrogen and oxygen atoms in total. The molecule has 0 bridgehead atoms. The molecule has 1 N–H and O–H groups in total. The number of benzene rings is 1. The van der Waals surface area contributed by atoms with E-state index in [4.69, 9.17) is 20.9 Å². The topological polar surface area (TPSA) is 115 Å². The van der Waals surface area contributed by atoms with Crippen molar-refractivity contribution in [2.75, 3.05) is 6.54 Å². The number of nitrogens with one attached hydrogen (secondary N) is 1. The van der Waals surface area contributed by atoms with Gasteiger partial charge in [0.1, 0.15) is 12.1 Å². The second-order valence-corrected chi connectivity index (χ2v) is 7.37. The van der Waals surface area contributed by atoms with E-state index in [9.17, 15) is 14.4 Å². The van der Waals surface area contributed by atoms with Gasteiger partial charge < -0.3 is 14.6 Å². The predicted octanol–water partition coefficient (Wildman–Crippen LogP) is 2.93. The molecule has 2 heterocycles. The summed E-state index contributed by atoms with van der Waals surface area (Å²) >= 11 is 5.84. The Morgan fingerprint density at radius 1 is 1.31 bits per heavy atom. The molecule has 1 aliphatic rings. The minimum atomic E-state index is -0.993. The molecule has 154 valence electrons. The minimum absolute atomic E-state index is 0.0910. The smallest absolute Gasteiger partial charge is 0.326 e. The summed E-state index contributed by atoms with van der Waals surface area (Å²) in [4.78, 5) is 41.7. The van der Waals surface area contributed by atoms with Gasteiger partial charge in [0.15, 0.2) is 6.61 Å². The molecule has 0 saturated carbocycles. The van der Waals surface area contributed by atoms with Crippen molar-refractivity contribution < 1.29 is 23.6 Å². The number of nitrogens with zero attached hydrogens (tertiary/aromatic N) is 3. The lowest BCUT2D eigenvalue weighted by Crippen LogP contribution is -2.44. The number of aromatic nitrogens is 2. The third kappa shape index (κ3) is 4.73. The van der Waals surface area contributed by atoms with Gasteiger partial charge in [0.25, 0.3) is 11.8 Å². The van der Waals surface area contributed by atoms with E-state index in [1.807, 2.05) is 6.92 Å². The van der Waals surface area contributed by atoms with Crippen LogP contribution in [0.15, 0.2) is 28.8 Å². The van der Waals surface area contributed by atoms with Crippen LogP contribution in [0.1, 0.15) is 39.0 Å². The number of rotatable bonds is 8. The molecule has 1 aromatic carbocycles. The summed E-state index contributed by atoms with van der Waals surface area (Å²) in [5.74, 6) is -0.767. The van der Waals surface area contributed by atoms with Gasteiger partial charge in [-0.15, -0.1) is 0 Å². The molecule has 1 aromatic heterocycles. The van der Waals surface area contributed by atoms with Crippen molar-refractivity contribution in [2.45, 2.75) is 45.3 Å². The highest BCUT2D eigenvalue weighted by Crippen LogP contribution is 2.23. The van der Waals surface area contributed by atoms with Gasteiger partial charge in [0.2, 0.25) is 5.82 Å². The van der Waals surface area contributed by atoms with Crippen LogP contribution in [0.5, 0.6) is 0 Å². The molecule has 0 radical (unpaired) electrons. The SMILES string of the molecule is CCCC[C@]1(C)NC(=O)N(CC(=O)OCc2nc(-c3ccc(Cl)cc3)no2)C1=O. The summed E-state index contributed by atoms with van der Waals surface area (Å²) in [7, 11) is 0. The summed E-state index contributed by atoms with van der Waals surface area (Å²) in [6.07, 6.45) is 2.19.